The zero-order valence-electron chi connectivity index (χ0n) is 12.5. The molecule has 7 nitrogen and oxygen atoms in total. The van der Waals surface area contributed by atoms with Crippen LogP contribution in [0.5, 0.6) is 0 Å². The van der Waals surface area contributed by atoms with E-state index in [9.17, 15) is 19.5 Å². The van der Waals surface area contributed by atoms with Gasteiger partial charge in [-0.25, -0.2) is 4.79 Å². The molecule has 8 heteroatoms. The average molecular weight is 346 g/mol. The molecular weight excluding hydrogens is 332 g/mol. The number of carbonyl (C=O) groups is 3. The van der Waals surface area contributed by atoms with Crippen molar-refractivity contribution in [1.29, 1.82) is 0 Å². The predicted octanol–water partition coefficient (Wildman–Crippen LogP) is -0.242. The van der Waals surface area contributed by atoms with Gasteiger partial charge in [0.25, 0.3) is 5.91 Å². The number of carbonyl (C=O) groups excluding carboxylic acids is 3. The summed E-state index contributed by atoms with van der Waals surface area (Å²) in [5, 5.41) is 12.1. The molecule has 3 aliphatic rings. The van der Waals surface area contributed by atoms with Crippen LogP contribution in [0.15, 0.2) is 41.6 Å². The van der Waals surface area contributed by atoms with Gasteiger partial charge in [-0.15, -0.1) is 11.8 Å². The average Bonchev–Trinajstić information content (AvgIpc) is 2.86. The summed E-state index contributed by atoms with van der Waals surface area (Å²) < 4.78 is 4.75. The van der Waals surface area contributed by atoms with Crippen molar-refractivity contribution >= 4 is 29.5 Å². The van der Waals surface area contributed by atoms with Crippen LogP contribution in [0.3, 0.4) is 0 Å². The number of β-lactam (4-membered cyclic amide) rings is 1. The molecule has 3 aliphatic heterocycles. The maximum atomic E-state index is 12.4. The number of aliphatic hydroxyl groups excluding tert-OH is 1. The molecule has 124 valence electrons. The number of nitrogens with one attached hydrogen (secondary N) is 1. The summed E-state index contributed by atoms with van der Waals surface area (Å²) >= 11 is 1.40. The third-order valence-electron chi connectivity index (χ3n) is 4.23. The SMILES string of the molecule is O=C(Cc1ccccc1)N[C@@H]1C(=O)N2C3=C(CS[C@H]12)C(O)OC3=O. The summed E-state index contributed by atoms with van der Waals surface area (Å²) in [4.78, 5) is 37.6. The standard InChI is InChI=1S/C16H14N2O5S/c19-10(6-8-4-2-1-3-5-8)17-11-13(20)18-12-9(7-24-14(11)18)15(21)23-16(12)22/h1-5,11,14-15,21H,6-7H2,(H,17,19)/t11-,14-,15?/m1/s1. The van der Waals surface area contributed by atoms with Crippen LogP contribution in [-0.4, -0.2) is 51.2 Å². The van der Waals surface area contributed by atoms with Crippen molar-refractivity contribution in [2.24, 2.45) is 0 Å². The smallest absolute Gasteiger partial charge is 0.357 e. The Kier molecular flexibility index (Phi) is 3.58. The number of nitrogens with zero attached hydrogens (tertiary/aromatic N) is 1. The van der Waals surface area contributed by atoms with Crippen LogP contribution in [0.1, 0.15) is 5.56 Å². The molecule has 3 atom stereocenters. The normalized spacial score (nSPS) is 28.0. The first-order valence-corrected chi connectivity index (χ1v) is 8.51. The molecule has 0 radical (unpaired) electrons. The van der Waals surface area contributed by atoms with E-state index < -0.39 is 18.3 Å². The number of benzene rings is 1. The van der Waals surface area contributed by atoms with Gasteiger partial charge in [-0.1, -0.05) is 30.3 Å². The number of aliphatic hydroxyl groups is 1. The lowest BCUT2D eigenvalue weighted by atomic mass is 10.0. The van der Waals surface area contributed by atoms with Crippen LogP contribution < -0.4 is 5.32 Å². The molecular formula is C16H14N2O5S. The second-order valence-electron chi connectivity index (χ2n) is 5.75. The Hall–Kier alpha value is -2.32. The van der Waals surface area contributed by atoms with Gasteiger partial charge in [0.2, 0.25) is 12.2 Å². The van der Waals surface area contributed by atoms with E-state index in [2.05, 4.69) is 5.32 Å². The lowest BCUT2D eigenvalue weighted by Gasteiger charge is -2.48. The zero-order chi connectivity index (χ0) is 16.8. The molecule has 3 heterocycles. The van der Waals surface area contributed by atoms with E-state index in [1.165, 1.54) is 16.7 Å². The van der Waals surface area contributed by atoms with E-state index in [1.54, 1.807) is 0 Å². The molecule has 24 heavy (non-hydrogen) atoms. The Morgan fingerprint density at radius 1 is 1.33 bits per heavy atom. The molecule has 1 saturated heterocycles. The van der Waals surface area contributed by atoms with Crippen molar-refractivity contribution in [3.05, 3.63) is 47.2 Å². The molecule has 2 N–H and O–H groups in total. The van der Waals surface area contributed by atoms with Crippen LogP contribution in [0.4, 0.5) is 0 Å². The maximum Gasteiger partial charge on any atom is 0.357 e. The van der Waals surface area contributed by atoms with Gasteiger partial charge in [0, 0.05) is 11.3 Å². The topological polar surface area (TPSA) is 95.9 Å². The minimum Gasteiger partial charge on any atom is -0.427 e. The molecule has 1 aromatic carbocycles. The van der Waals surface area contributed by atoms with E-state index in [0.717, 1.165) is 5.56 Å². The van der Waals surface area contributed by atoms with Gasteiger partial charge in [-0.2, -0.15) is 0 Å². The molecule has 1 aromatic rings. The second kappa shape index (κ2) is 5.64. The van der Waals surface area contributed by atoms with Crippen molar-refractivity contribution in [2.75, 3.05) is 5.75 Å². The highest BCUT2D eigenvalue weighted by molar-refractivity contribution is 8.00. The molecule has 4 rings (SSSR count). The molecule has 0 aliphatic carbocycles. The summed E-state index contributed by atoms with van der Waals surface area (Å²) in [5.41, 5.74) is 1.41. The maximum absolute atomic E-state index is 12.4. The molecule has 0 aromatic heterocycles. The van der Waals surface area contributed by atoms with Crippen LogP contribution in [0.25, 0.3) is 0 Å². The van der Waals surface area contributed by atoms with E-state index in [0.29, 0.717) is 11.3 Å². The number of amides is 2. The fourth-order valence-electron chi connectivity index (χ4n) is 3.06. The number of rotatable bonds is 3. The number of cyclic esters (lactones) is 1. The third kappa shape index (κ3) is 2.30. The predicted molar refractivity (Wildman–Crippen MR) is 84.3 cm³/mol. The minimum absolute atomic E-state index is 0.129. The van der Waals surface area contributed by atoms with Gasteiger partial charge in [0.15, 0.2) is 0 Å². The van der Waals surface area contributed by atoms with Crippen LogP contribution in [0, 0.1) is 0 Å². The van der Waals surface area contributed by atoms with E-state index in [1.807, 2.05) is 30.3 Å². The Morgan fingerprint density at radius 2 is 2.08 bits per heavy atom. The molecule has 0 saturated carbocycles. The van der Waals surface area contributed by atoms with Crippen LogP contribution in [0.2, 0.25) is 0 Å². The summed E-state index contributed by atoms with van der Waals surface area (Å²) in [6, 6.07) is 8.59. The van der Waals surface area contributed by atoms with E-state index in [4.69, 9.17) is 4.74 Å². The molecule has 0 bridgehead atoms. The summed E-state index contributed by atoms with van der Waals surface area (Å²) in [5.74, 6) is -0.896. The van der Waals surface area contributed by atoms with Gasteiger partial charge >= 0.3 is 5.97 Å². The van der Waals surface area contributed by atoms with Gasteiger partial charge in [0.05, 0.1) is 6.42 Å². The van der Waals surface area contributed by atoms with Gasteiger partial charge in [-0.05, 0) is 5.56 Å². The minimum atomic E-state index is -1.28. The molecule has 0 spiro atoms. The Balaban J connectivity index is 1.45. The van der Waals surface area contributed by atoms with Crippen LogP contribution in [-0.2, 0) is 25.5 Å². The van der Waals surface area contributed by atoms with Gasteiger partial charge in [-0.3, -0.25) is 14.5 Å². The van der Waals surface area contributed by atoms with E-state index in [-0.39, 0.29) is 29.3 Å². The lowest BCUT2D eigenvalue weighted by Crippen LogP contribution is -2.70. The summed E-state index contributed by atoms with van der Waals surface area (Å²) in [7, 11) is 0. The van der Waals surface area contributed by atoms with E-state index >= 15 is 0 Å². The first kappa shape index (κ1) is 15.2. The Morgan fingerprint density at radius 3 is 2.83 bits per heavy atom. The Labute approximate surface area is 141 Å². The fourth-order valence-corrected chi connectivity index (χ4v) is 4.42. The number of thioether (sulfide) groups is 1. The molecule has 1 unspecified atom stereocenters. The lowest BCUT2D eigenvalue weighted by molar-refractivity contribution is -0.157. The number of hydrogen-bond donors (Lipinski definition) is 2. The third-order valence-corrected chi connectivity index (χ3v) is 5.53. The van der Waals surface area contributed by atoms with Gasteiger partial charge < -0.3 is 15.2 Å². The van der Waals surface area contributed by atoms with Crippen molar-refractivity contribution in [1.82, 2.24) is 10.2 Å². The van der Waals surface area contributed by atoms with Crippen molar-refractivity contribution < 1.29 is 24.2 Å². The fraction of sp³-hybridized carbons (Fsp3) is 0.312. The highest BCUT2D eigenvalue weighted by Crippen LogP contribution is 2.43. The van der Waals surface area contributed by atoms with Crippen molar-refractivity contribution in [3.63, 3.8) is 0 Å². The second-order valence-corrected chi connectivity index (χ2v) is 6.85. The first-order valence-electron chi connectivity index (χ1n) is 7.46. The monoisotopic (exact) mass is 346 g/mol. The number of ether oxygens (including phenoxy) is 1. The quantitative estimate of drug-likeness (QED) is 0.579. The van der Waals surface area contributed by atoms with Crippen molar-refractivity contribution in [3.8, 4) is 0 Å². The van der Waals surface area contributed by atoms with Crippen LogP contribution >= 0.6 is 11.8 Å². The highest BCUT2D eigenvalue weighted by atomic mass is 32.2. The zero-order valence-corrected chi connectivity index (χ0v) is 13.3. The van der Waals surface area contributed by atoms with Gasteiger partial charge in [0.1, 0.15) is 17.1 Å². The highest BCUT2D eigenvalue weighted by Gasteiger charge is 2.57. The number of hydrogen-bond acceptors (Lipinski definition) is 6. The largest absolute Gasteiger partial charge is 0.427 e. The summed E-state index contributed by atoms with van der Waals surface area (Å²) in [6.07, 6.45) is -1.09. The number of esters is 1. The molecule has 1 fully saturated rings. The summed E-state index contributed by atoms with van der Waals surface area (Å²) in [6.45, 7) is 0. The number of fused-ring (bicyclic) bond motifs is 2. The molecule has 2 amide bonds. The Bertz CT molecular complexity index is 763. The van der Waals surface area contributed by atoms with Crippen molar-refractivity contribution in [2.45, 2.75) is 24.1 Å². The first-order chi connectivity index (χ1) is 11.6.